The Bertz CT molecular complexity index is 1600. The van der Waals surface area contributed by atoms with Crippen molar-refractivity contribution in [3.63, 3.8) is 0 Å². The third-order valence-electron chi connectivity index (χ3n) is 5.63. The zero-order valence-corrected chi connectivity index (χ0v) is 18.7. The van der Waals surface area contributed by atoms with Gasteiger partial charge < -0.3 is 10.1 Å². The van der Waals surface area contributed by atoms with Gasteiger partial charge in [0, 0.05) is 37.4 Å². The molecule has 0 radical (unpaired) electrons. The molecule has 0 fully saturated rings. The number of rotatable bonds is 4. The van der Waals surface area contributed by atoms with Crippen molar-refractivity contribution in [3.8, 4) is 22.7 Å². The number of benzene rings is 1. The van der Waals surface area contributed by atoms with E-state index in [1.54, 1.807) is 53.0 Å². The van der Waals surface area contributed by atoms with E-state index in [1.807, 2.05) is 24.3 Å². The Labute approximate surface area is 193 Å². The van der Waals surface area contributed by atoms with Crippen molar-refractivity contribution in [2.24, 2.45) is 7.05 Å². The zero-order chi connectivity index (χ0) is 23.8. The molecule has 4 heterocycles. The van der Waals surface area contributed by atoms with Crippen LogP contribution in [0.5, 0.6) is 5.88 Å². The Balaban J connectivity index is 1.72. The molecule has 0 spiro atoms. The van der Waals surface area contributed by atoms with E-state index >= 15 is 0 Å². The number of aryl methyl sites for hydroxylation is 1. The largest absolute Gasteiger partial charge is 0.479 e. The van der Waals surface area contributed by atoms with Crippen molar-refractivity contribution >= 4 is 33.8 Å². The summed E-state index contributed by atoms with van der Waals surface area (Å²) in [5.41, 5.74) is 4.19. The average molecular weight is 455 g/mol. The number of fused-ring (bicyclic) bond motifs is 3. The molecule has 0 atom stereocenters. The summed E-state index contributed by atoms with van der Waals surface area (Å²) in [6.45, 7) is 0. The molecule has 0 aliphatic carbocycles. The SMILES string of the molecule is CNC(=O)Nc1ccc(-c2ccc3ncc4c(c3c2)n(-c2cccnc2OC)c(=O)n4C)cn1. The maximum absolute atomic E-state index is 13.3. The Kier molecular flexibility index (Phi) is 5.17. The van der Waals surface area contributed by atoms with E-state index in [-0.39, 0.29) is 11.7 Å². The molecule has 0 aliphatic rings. The van der Waals surface area contributed by atoms with Gasteiger partial charge in [-0.15, -0.1) is 0 Å². The number of nitrogens with one attached hydrogen (secondary N) is 2. The van der Waals surface area contributed by atoms with Crippen LogP contribution in [0.3, 0.4) is 0 Å². The molecule has 0 bridgehead atoms. The molecule has 1 aromatic carbocycles. The van der Waals surface area contributed by atoms with E-state index < -0.39 is 0 Å². The molecule has 10 nitrogen and oxygen atoms in total. The number of urea groups is 1. The van der Waals surface area contributed by atoms with Crippen molar-refractivity contribution in [3.05, 3.63) is 71.5 Å². The first kappa shape index (κ1) is 21.1. The van der Waals surface area contributed by atoms with E-state index in [0.717, 1.165) is 22.0 Å². The van der Waals surface area contributed by atoms with Crippen molar-refractivity contribution in [2.75, 3.05) is 19.5 Å². The summed E-state index contributed by atoms with van der Waals surface area (Å²) in [6, 6.07) is 12.6. The van der Waals surface area contributed by atoms with Crippen LogP contribution < -0.4 is 21.1 Å². The number of methoxy groups -OCH3 is 1. The number of hydrogen-bond acceptors (Lipinski definition) is 6. The van der Waals surface area contributed by atoms with Crippen molar-refractivity contribution in [1.82, 2.24) is 29.4 Å². The predicted molar refractivity (Wildman–Crippen MR) is 129 cm³/mol. The van der Waals surface area contributed by atoms with Crippen LogP contribution in [0.15, 0.2) is 65.8 Å². The van der Waals surface area contributed by atoms with Crippen molar-refractivity contribution in [2.45, 2.75) is 0 Å². The molecule has 0 unspecified atom stereocenters. The van der Waals surface area contributed by atoms with E-state index in [1.165, 1.54) is 14.2 Å². The van der Waals surface area contributed by atoms with Crippen LogP contribution >= 0.6 is 0 Å². The first-order chi connectivity index (χ1) is 16.5. The number of pyridine rings is 3. The Morgan fingerprint density at radius 3 is 2.59 bits per heavy atom. The normalized spacial score (nSPS) is 11.0. The first-order valence-corrected chi connectivity index (χ1v) is 10.5. The summed E-state index contributed by atoms with van der Waals surface area (Å²) < 4.78 is 8.58. The molecule has 34 heavy (non-hydrogen) atoms. The molecular weight excluding hydrogens is 434 g/mol. The smallest absolute Gasteiger partial charge is 0.333 e. The van der Waals surface area contributed by atoms with Crippen molar-refractivity contribution in [1.29, 1.82) is 0 Å². The molecule has 2 amide bonds. The highest BCUT2D eigenvalue weighted by Crippen LogP contribution is 2.31. The summed E-state index contributed by atoms with van der Waals surface area (Å²) in [7, 11) is 4.77. The molecule has 10 heteroatoms. The van der Waals surface area contributed by atoms with Gasteiger partial charge in [0.25, 0.3) is 0 Å². The van der Waals surface area contributed by atoms with Gasteiger partial charge in [0.05, 0.1) is 29.9 Å². The van der Waals surface area contributed by atoms with Crippen LogP contribution in [0, 0.1) is 0 Å². The number of nitrogens with zero attached hydrogens (tertiary/aromatic N) is 5. The Morgan fingerprint density at radius 2 is 1.85 bits per heavy atom. The van der Waals surface area contributed by atoms with Gasteiger partial charge in [-0.05, 0) is 42.0 Å². The highest BCUT2D eigenvalue weighted by Gasteiger charge is 2.19. The number of amides is 2. The van der Waals surface area contributed by atoms with Crippen LogP contribution in [-0.2, 0) is 7.05 Å². The van der Waals surface area contributed by atoms with E-state index in [0.29, 0.717) is 28.4 Å². The molecule has 5 rings (SSSR count). The third-order valence-corrected chi connectivity index (χ3v) is 5.63. The monoisotopic (exact) mass is 455 g/mol. The van der Waals surface area contributed by atoms with Crippen molar-refractivity contribution < 1.29 is 9.53 Å². The minimum Gasteiger partial charge on any atom is -0.479 e. The maximum Gasteiger partial charge on any atom is 0.333 e. The standard InChI is InChI=1S/C24H21N7O3/c1-25-23(32)29-20-9-7-15(12-28-20)14-6-8-17-16(11-14)21-19(13-27-17)30(2)24(33)31(21)18-5-4-10-26-22(18)34-3/h4-13H,1-3H3,(H2,25,28,29,32). The average Bonchev–Trinajstić information content (AvgIpc) is 3.14. The lowest BCUT2D eigenvalue weighted by Gasteiger charge is -2.10. The Morgan fingerprint density at radius 1 is 1.03 bits per heavy atom. The van der Waals surface area contributed by atoms with E-state index in [4.69, 9.17) is 4.74 Å². The van der Waals surface area contributed by atoms with Crippen LogP contribution in [-0.4, -0.2) is 44.3 Å². The number of aromatic nitrogens is 5. The van der Waals surface area contributed by atoms with Gasteiger partial charge in [-0.25, -0.2) is 19.6 Å². The molecule has 0 saturated heterocycles. The summed E-state index contributed by atoms with van der Waals surface area (Å²) in [4.78, 5) is 37.9. The molecule has 4 aromatic heterocycles. The highest BCUT2D eigenvalue weighted by atomic mass is 16.5. The number of imidazole rings is 1. The highest BCUT2D eigenvalue weighted by molar-refractivity contribution is 6.04. The molecule has 2 N–H and O–H groups in total. The number of anilines is 1. The van der Waals surface area contributed by atoms with E-state index in [2.05, 4.69) is 25.6 Å². The molecule has 0 aliphatic heterocycles. The van der Waals surface area contributed by atoms with Gasteiger partial charge in [0.15, 0.2) is 0 Å². The quantitative estimate of drug-likeness (QED) is 0.430. The summed E-state index contributed by atoms with van der Waals surface area (Å²) in [5.74, 6) is 0.787. The summed E-state index contributed by atoms with van der Waals surface area (Å²) in [6.07, 6.45) is 4.99. The lowest BCUT2D eigenvalue weighted by Crippen LogP contribution is -2.24. The second-order valence-electron chi connectivity index (χ2n) is 7.57. The predicted octanol–water partition coefficient (Wildman–Crippen LogP) is 3.09. The summed E-state index contributed by atoms with van der Waals surface area (Å²) >= 11 is 0. The maximum atomic E-state index is 13.3. The van der Waals surface area contributed by atoms with Gasteiger partial charge in [-0.3, -0.25) is 19.4 Å². The molecular formula is C24H21N7O3. The number of hydrogen-bond donors (Lipinski definition) is 2. The van der Waals surface area contributed by atoms with E-state index in [9.17, 15) is 9.59 Å². The fraction of sp³-hybridized carbons (Fsp3) is 0.125. The topological polar surface area (TPSA) is 116 Å². The third kappa shape index (κ3) is 3.41. The van der Waals surface area contributed by atoms with Crippen LogP contribution in [0.2, 0.25) is 0 Å². The Hall–Kier alpha value is -4.73. The molecule has 0 saturated carbocycles. The van der Waals surface area contributed by atoms with Crippen LogP contribution in [0.1, 0.15) is 0 Å². The van der Waals surface area contributed by atoms with Crippen LogP contribution in [0.4, 0.5) is 10.6 Å². The summed E-state index contributed by atoms with van der Waals surface area (Å²) in [5, 5.41) is 5.93. The first-order valence-electron chi connectivity index (χ1n) is 10.5. The van der Waals surface area contributed by atoms with Gasteiger partial charge in [-0.1, -0.05) is 6.07 Å². The lowest BCUT2D eigenvalue weighted by atomic mass is 10.0. The lowest BCUT2D eigenvalue weighted by molar-refractivity contribution is 0.254. The van der Waals surface area contributed by atoms with Gasteiger partial charge in [-0.2, -0.15) is 0 Å². The second kappa shape index (κ2) is 8.32. The fourth-order valence-corrected chi connectivity index (χ4v) is 3.93. The molecule has 5 aromatic rings. The number of carbonyl (C=O) groups excluding carboxylic acids is 1. The fourth-order valence-electron chi connectivity index (χ4n) is 3.93. The minimum atomic E-state index is -0.340. The van der Waals surface area contributed by atoms with Gasteiger partial charge in [0.1, 0.15) is 11.5 Å². The number of carbonyl (C=O) groups is 1. The minimum absolute atomic E-state index is 0.229. The number of ether oxygens (including phenoxy) is 1. The van der Waals surface area contributed by atoms with Crippen LogP contribution in [0.25, 0.3) is 38.8 Å². The second-order valence-corrected chi connectivity index (χ2v) is 7.57. The molecule has 170 valence electrons. The van der Waals surface area contributed by atoms with Gasteiger partial charge >= 0.3 is 11.7 Å². The zero-order valence-electron chi connectivity index (χ0n) is 18.7. The van der Waals surface area contributed by atoms with Gasteiger partial charge in [0.2, 0.25) is 5.88 Å².